The van der Waals surface area contributed by atoms with Gasteiger partial charge in [-0.25, -0.2) is 13.2 Å². The van der Waals surface area contributed by atoms with Crippen LogP contribution in [0.2, 0.25) is 0 Å². The second-order valence-corrected chi connectivity index (χ2v) is 1.09. The van der Waals surface area contributed by atoms with Gasteiger partial charge in [0.05, 0.1) is 0 Å². The van der Waals surface area contributed by atoms with Crippen molar-refractivity contribution in [3.05, 3.63) is 12.2 Å². The number of hydrogen-bond acceptors (Lipinski definition) is 0. The summed E-state index contributed by atoms with van der Waals surface area (Å²) >= 11 is 0. The summed E-state index contributed by atoms with van der Waals surface area (Å²) in [7, 11) is 0. The van der Waals surface area contributed by atoms with Crippen LogP contribution in [0.15, 0.2) is 12.2 Å². The zero-order chi connectivity index (χ0) is 5.86. The number of alkyl halides is 3. The fourth-order valence-electron chi connectivity index (χ4n) is 0.0583. The first-order chi connectivity index (χ1) is 3.18. The number of allylic oxidation sites excluding steroid dienone is 1. The average molecular weight is 110 g/mol. The van der Waals surface area contributed by atoms with Crippen molar-refractivity contribution in [1.82, 2.24) is 0 Å². The summed E-state index contributed by atoms with van der Waals surface area (Å²) < 4.78 is 33.2. The molecule has 0 aromatic carbocycles. The Labute approximate surface area is 39.6 Å². The van der Waals surface area contributed by atoms with E-state index in [-0.39, 0.29) is 0 Å². The highest BCUT2D eigenvalue weighted by atomic mass is 19.3. The van der Waals surface area contributed by atoms with E-state index in [1.165, 1.54) is 0 Å². The Morgan fingerprint density at radius 3 is 2.00 bits per heavy atom. The molecule has 0 nitrogen and oxygen atoms in total. The summed E-state index contributed by atoms with van der Waals surface area (Å²) in [4.78, 5) is 0. The summed E-state index contributed by atoms with van der Waals surface area (Å²) in [6, 6.07) is 0. The van der Waals surface area contributed by atoms with Gasteiger partial charge in [-0.3, -0.25) is 0 Å². The summed E-state index contributed by atoms with van der Waals surface area (Å²) in [5, 5.41) is 0. The quantitative estimate of drug-likeness (QED) is 0.475. The highest BCUT2D eigenvalue weighted by Crippen LogP contribution is 2.04. The molecule has 0 aliphatic carbocycles. The Bertz CT molecular complexity index is 67.3. The highest BCUT2D eigenvalue weighted by Gasteiger charge is 2.05. The van der Waals surface area contributed by atoms with E-state index in [1.807, 2.05) is 0 Å². The van der Waals surface area contributed by atoms with Crippen LogP contribution in [0, 0.1) is 0 Å². The molecule has 0 fully saturated rings. The van der Waals surface area contributed by atoms with Crippen LogP contribution in [-0.2, 0) is 0 Å². The molecule has 0 atom stereocenters. The maximum atomic E-state index is 11.1. The molecule has 0 spiro atoms. The van der Waals surface area contributed by atoms with Crippen LogP contribution in [0.1, 0.15) is 0 Å². The van der Waals surface area contributed by atoms with Crippen molar-refractivity contribution in [2.45, 2.75) is 6.43 Å². The molecule has 0 bridgehead atoms. The molecule has 0 aliphatic heterocycles. The lowest BCUT2D eigenvalue weighted by molar-refractivity contribution is 0.181. The van der Waals surface area contributed by atoms with Gasteiger partial charge in [0.2, 0.25) is 0 Å². The lowest BCUT2D eigenvalue weighted by Crippen LogP contribution is -1.95. The van der Waals surface area contributed by atoms with Crippen molar-refractivity contribution in [3.8, 4) is 0 Å². The Morgan fingerprint density at radius 2 is 2.00 bits per heavy atom. The van der Waals surface area contributed by atoms with Gasteiger partial charge < -0.3 is 0 Å². The molecule has 42 valence electrons. The predicted molar refractivity (Wildman–Crippen MR) is 21.1 cm³/mol. The smallest absolute Gasteiger partial charge is 0.246 e. The van der Waals surface area contributed by atoms with Gasteiger partial charge in [-0.2, -0.15) is 0 Å². The minimum atomic E-state index is -2.70. The van der Waals surface area contributed by atoms with Gasteiger partial charge in [-0.1, -0.05) is 6.58 Å². The third-order valence-electron chi connectivity index (χ3n) is 0.480. The second-order valence-electron chi connectivity index (χ2n) is 1.09. The summed E-state index contributed by atoms with van der Waals surface area (Å²) in [5.74, 6) is 0. The van der Waals surface area contributed by atoms with Gasteiger partial charge in [-0.05, 0) is 0 Å². The predicted octanol–water partition coefficient (Wildman–Crippen LogP) is 1.78. The van der Waals surface area contributed by atoms with E-state index in [2.05, 4.69) is 6.58 Å². The first-order valence-electron chi connectivity index (χ1n) is 1.70. The van der Waals surface area contributed by atoms with Gasteiger partial charge in [-0.15, -0.1) is 0 Å². The zero-order valence-electron chi connectivity index (χ0n) is 3.63. The van der Waals surface area contributed by atoms with Crippen LogP contribution < -0.4 is 0 Å². The van der Waals surface area contributed by atoms with E-state index in [1.54, 1.807) is 0 Å². The van der Waals surface area contributed by atoms with E-state index in [0.717, 1.165) is 0 Å². The Balaban J connectivity index is 3.35. The number of rotatable bonds is 2. The Kier molecular flexibility index (Phi) is 2.48. The lowest BCUT2D eigenvalue weighted by Gasteiger charge is -1.92. The molecule has 0 radical (unpaired) electrons. The molecule has 0 heterocycles. The van der Waals surface area contributed by atoms with Crippen LogP contribution in [-0.4, -0.2) is 13.1 Å². The first kappa shape index (κ1) is 6.53. The van der Waals surface area contributed by atoms with E-state index < -0.39 is 18.7 Å². The average Bonchev–Trinajstić information content (AvgIpc) is 1.65. The van der Waals surface area contributed by atoms with Gasteiger partial charge in [0.25, 0.3) is 6.43 Å². The Morgan fingerprint density at radius 1 is 1.57 bits per heavy atom. The largest absolute Gasteiger partial charge is 0.262 e. The Hall–Kier alpha value is -0.470. The molecule has 0 aliphatic rings. The molecule has 3 heteroatoms. The zero-order valence-corrected chi connectivity index (χ0v) is 3.63. The van der Waals surface area contributed by atoms with Crippen LogP contribution in [0.5, 0.6) is 0 Å². The van der Waals surface area contributed by atoms with Crippen molar-refractivity contribution in [3.63, 3.8) is 0 Å². The second kappa shape index (κ2) is 2.66. The van der Waals surface area contributed by atoms with Crippen molar-refractivity contribution in [2.24, 2.45) is 0 Å². The molecule has 0 rings (SSSR count). The van der Waals surface area contributed by atoms with Crippen LogP contribution in [0.3, 0.4) is 0 Å². The molecule has 7 heavy (non-hydrogen) atoms. The van der Waals surface area contributed by atoms with Crippen molar-refractivity contribution in [1.29, 1.82) is 0 Å². The molecule has 0 N–H and O–H groups in total. The van der Waals surface area contributed by atoms with Gasteiger partial charge in [0.15, 0.2) is 0 Å². The monoisotopic (exact) mass is 110 g/mol. The number of halogens is 3. The molecule has 0 unspecified atom stereocenters. The van der Waals surface area contributed by atoms with Crippen LogP contribution in [0.4, 0.5) is 13.2 Å². The van der Waals surface area contributed by atoms with Gasteiger partial charge in [0, 0.05) is 5.57 Å². The maximum Gasteiger partial charge on any atom is 0.262 e. The van der Waals surface area contributed by atoms with Crippen molar-refractivity contribution < 1.29 is 13.2 Å². The molecule has 0 amide bonds. The maximum absolute atomic E-state index is 11.1. The molecule has 0 saturated heterocycles. The minimum Gasteiger partial charge on any atom is -0.246 e. The molecule has 0 aromatic heterocycles. The normalized spacial score (nSPS) is 9.71. The van der Waals surface area contributed by atoms with E-state index in [4.69, 9.17) is 0 Å². The topological polar surface area (TPSA) is 0 Å². The van der Waals surface area contributed by atoms with Gasteiger partial charge >= 0.3 is 0 Å². The molecule has 0 saturated carbocycles. The van der Waals surface area contributed by atoms with E-state index in [0.29, 0.717) is 0 Å². The third-order valence-corrected chi connectivity index (χ3v) is 0.480. The minimum absolute atomic E-state index is 0.653. The van der Waals surface area contributed by atoms with Crippen molar-refractivity contribution in [2.75, 3.05) is 6.67 Å². The summed E-state index contributed by atoms with van der Waals surface area (Å²) in [6.45, 7) is 1.62. The molecule has 0 aromatic rings. The van der Waals surface area contributed by atoms with Gasteiger partial charge in [0.1, 0.15) is 6.67 Å². The van der Waals surface area contributed by atoms with Crippen LogP contribution in [0.25, 0.3) is 0 Å². The summed E-state index contributed by atoms with van der Waals surface area (Å²) in [6.07, 6.45) is -2.70. The standard InChI is InChI=1S/C4H5F3/c1-3(2-5)4(6)7/h4H,1-2H2. The fourth-order valence-corrected chi connectivity index (χ4v) is 0.0583. The molecular weight excluding hydrogens is 105 g/mol. The molecular formula is C4H5F3. The van der Waals surface area contributed by atoms with E-state index >= 15 is 0 Å². The van der Waals surface area contributed by atoms with Crippen LogP contribution >= 0.6 is 0 Å². The summed E-state index contributed by atoms with van der Waals surface area (Å²) in [5.41, 5.74) is -0.653. The highest BCUT2D eigenvalue weighted by molar-refractivity contribution is 4.96. The fraction of sp³-hybridized carbons (Fsp3) is 0.500. The SMILES string of the molecule is C=C(CF)C(F)F. The van der Waals surface area contributed by atoms with Crippen molar-refractivity contribution >= 4 is 0 Å². The van der Waals surface area contributed by atoms with E-state index in [9.17, 15) is 13.2 Å². The third kappa shape index (κ3) is 2.25. The number of hydrogen-bond donors (Lipinski definition) is 0. The first-order valence-corrected chi connectivity index (χ1v) is 1.70. The lowest BCUT2D eigenvalue weighted by atomic mass is 10.4.